The quantitative estimate of drug-likeness (QED) is 0.797. The first-order valence-corrected chi connectivity index (χ1v) is 7.20. The summed E-state index contributed by atoms with van der Waals surface area (Å²) in [4.78, 5) is 25.9. The van der Waals surface area contributed by atoms with Gasteiger partial charge in [0.15, 0.2) is 0 Å². The molecule has 0 radical (unpaired) electrons. The van der Waals surface area contributed by atoms with E-state index in [0.29, 0.717) is 18.8 Å². The number of rotatable bonds is 3. The summed E-state index contributed by atoms with van der Waals surface area (Å²) in [7, 11) is 0. The lowest BCUT2D eigenvalue weighted by Gasteiger charge is -2.33. The van der Waals surface area contributed by atoms with Crippen LogP contribution in [0.4, 0.5) is 0 Å². The molecule has 4 nitrogen and oxygen atoms in total. The number of likely N-dealkylation sites (tertiary alicyclic amines) is 1. The Morgan fingerprint density at radius 2 is 1.84 bits per heavy atom. The SMILES string of the molecule is CC(C)C1CCCN1C(=O)[C@@H]1CC=CC[C@@H]1C(=O)O. The van der Waals surface area contributed by atoms with Crippen LogP contribution in [0.2, 0.25) is 0 Å². The Bertz CT molecular complexity index is 389. The molecule has 1 heterocycles. The first-order chi connectivity index (χ1) is 9.02. The Morgan fingerprint density at radius 1 is 1.21 bits per heavy atom. The maximum Gasteiger partial charge on any atom is 0.307 e. The lowest BCUT2D eigenvalue weighted by Crippen LogP contribution is -2.45. The van der Waals surface area contributed by atoms with Gasteiger partial charge < -0.3 is 10.0 Å². The standard InChI is InChI=1S/C15H23NO3/c1-10(2)13-8-5-9-16(13)14(17)11-6-3-4-7-12(11)15(18)19/h3-4,10-13H,5-9H2,1-2H3,(H,18,19)/t11-,12+,13?/m1/s1. The number of allylic oxidation sites excluding steroid dienone is 2. The summed E-state index contributed by atoms with van der Waals surface area (Å²) in [5, 5.41) is 9.27. The molecule has 0 saturated carbocycles. The summed E-state index contributed by atoms with van der Waals surface area (Å²) in [6, 6.07) is 0.285. The van der Waals surface area contributed by atoms with E-state index in [4.69, 9.17) is 0 Å². The third kappa shape index (κ3) is 2.82. The molecule has 19 heavy (non-hydrogen) atoms. The molecule has 0 aromatic rings. The first-order valence-electron chi connectivity index (χ1n) is 7.20. The highest BCUT2D eigenvalue weighted by molar-refractivity contribution is 5.85. The number of carboxylic acids is 1. The largest absolute Gasteiger partial charge is 0.481 e. The molecule has 0 spiro atoms. The van der Waals surface area contributed by atoms with Gasteiger partial charge >= 0.3 is 5.97 Å². The van der Waals surface area contributed by atoms with Crippen molar-refractivity contribution in [3.8, 4) is 0 Å². The van der Waals surface area contributed by atoms with E-state index in [2.05, 4.69) is 13.8 Å². The molecule has 106 valence electrons. The second-order valence-electron chi connectivity index (χ2n) is 5.98. The van der Waals surface area contributed by atoms with Crippen LogP contribution in [0.3, 0.4) is 0 Å². The van der Waals surface area contributed by atoms with Gasteiger partial charge in [-0.05, 0) is 31.6 Å². The van der Waals surface area contributed by atoms with Crippen molar-refractivity contribution >= 4 is 11.9 Å². The molecule has 1 saturated heterocycles. The van der Waals surface area contributed by atoms with Gasteiger partial charge in [-0.1, -0.05) is 26.0 Å². The highest BCUT2D eigenvalue weighted by atomic mass is 16.4. The van der Waals surface area contributed by atoms with Crippen molar-refractivity contribution in [3.05, 3.63) is 12.2 Å². The Labute approximate surface area is 114 Å². The Hall–Kier alpha value is -1.32. The number of aliphatic carboxylic acids is 1. The fourth-order valence-electron chi connectivity index (χ4n) is 3.33. The Kier molecular flexibility index (Phi) is 4.27. The summed E-state index contributed by atoms with van der Waals surface area (Å²) in [6.45, 7) is 5.05. The van der Waals surface area contributed by atoms with Crippen molar-refractivity contribution in [3.63, 3.8) is 0 Å². The van der Waals surface area contributed by atoms with Gasteiger partial charge in [0.2, 0.25) is 5.91 Å². The number of hydrogen-bond acceptors (Lipinski definition) is 2. The minimum absolute atomic E-state index is 0.0490. The zero-order chi connectivity index (χ0) is 14.0. The molecule has 1 fully saturated rings. The van der Waals surface area contributed by atoms with Crippen LogP contribution in [0.5, 0.6) is 0 Å². The van der Waals surface area contributed by atoms with Crippen molar-refractivity contribution in [2.24, 2.45) is 17.8 Å². The molecule has 1 aliphatic carbocycles. The topological polar surface area (TPSA) is 57.6 Å². The van der Waals surface area contributed by atoms with Crippen LogP contribution in [-0.4, -0.2) is 34.5 Å². The van der Waals surface area contributed by atoms with E-state index in [-0.39, 0.29) is 17.9 Å². The van der Waals surface area contributed by atoms with Crippen LogP contribution >= 0.6 is 0 Å². The molecule has 3 atom stereocenters. The van der Waals surface area contributed by atoms with Gasteiger partial charge in [-0.25, -0.2) is 0 Å². The van der Waals surface area contributed by atoms with Gasteiger partial charge in [-0.15, -0.1) is 0 Å². The molecule has 1 N–H and O–H groups in total. The Balaban J connectivity index is 2.13. The van der Waals surface area contributed by atoms with Gasteiger partial charge in [-0.2, -0.15) is 0 Å². The number of amides is 1. The average Bonchev–Trinajstić information content (AvgIpc) is 2.87. The predicted molar refractivity (Wildman–Crippen MR) is 72.6 cm³/mol. The van der Waals surface area contributed by atoms with Crippen molar-refractivity contribution < 1.29 is 14.7 Å². The summed E-state index contributed by atoms with van der Waals surface area (Å²) in [5.74, 6) is -1.28. The summed E-state index contributed by atoms with van der Waals surface area (Å²) < 4.78 is 0. The van der Waals surface area contributed by atoms with Crippen LogP contribution in [0.1, 0.15) is 39.5 Å². The van der Waals surface area contributed by atoms with Crippen LogP contribution in [0, 0.1) is 17.8 Å². The van der Waals surface area contributed by atoms with Crippen LogP contribution in [0.25, 0.3) is 0 Å². The van der Waals surface area contributed by atoms with Crippen molar-refractivity contribution in [2.45, 2.75) is 45.6 Å². The van der Waals surface area contributed by atoms with E-state index >= 15 is 0 Å². The third-order valence-corrected chi connectivity index (χ3v) is 4.42. The van der Waals surface area contributed by atoms with Crippen molar-refractivity contribution in [1.29, 1.82) is 0 Å². The van der Waals surface area contributed by atoms with E-state index in [1.807, 2.05) is 17.1 Å². The molecule has 0 aromatic carbocycles. The molecule has 0 bridgehead atoms. The van der Waals surface area contributed by atoms with Crippen molar-refractivity contribution in [2.75, 3.05) is 6.54 Å². The minimum Gasteiger partial charge on any atom is -0.481 e. The maximum atomic E-state index is 12.7. The van der Waals surface area contributed by atoms with E-state index in [0.717, 1.165) is 19.4 Å². The van der Waals surface area contributed by atoms with Crippen LogP contribution < -0.4 is 0 Å². The number of nitrogens with zero attached hydrogens (tertiary/aromatic N) is 1. The number of carboxylic acid groups (broad SMARTS) is 1. The van der Waals surface area contributed by atoms with E-state index in [1.54, 1.807) is 0 Å². The van der Waals surface area contributed by atoms with E-state index < -0.39 is 11.9 Å². The van der Waals surface area contributed by atoms with Crippen molar-refractivity contribution in [1.82, 2.24) is 4.90 Å². The molecule has 0 aromatic heterocycles. The molecule has 2 rings (SSSR count). The van der Waals surface area contributed by atoms with Gasteiger partial charge in [-0.3, -0.25) is 9.59 Å². The van der Waals surface area contributed by atoms with Crippen LogP contribution in [-0.2, 0) is 9.59 Å². The fourth-order valence-corrected chi connectivity index (χ4v) is 3.33. The molecular formula is C15H23NO3. The summed E-state index contributed by atoms with van der Waals surface area (Å²) >= 11 is 0. The predicted octanol–water partition coefficient (Wildman–Crippen LogP) is 2.30. The minimum atomic E-state index is -0.844. The number of hydrogen-bond donors (Lipinski definition) is 1. The normalized spacial score (nSPS) is 30.9. The lowest BCUT2D eigenvalue weighted by molar-refractivity contribution is -0.151. The molecular weight excluding hydrogens is 242 g/mol. The van der Waals surface area contributed by atoms with Crippen LogP contribution in [0.15, 0.2) is 12.2 Å². The molecule has 1 aliphatic heterocycles. The number of carbonyl (C=O) groups is 2. The van der Waals surface area contributed by atoms with Gasteiger partial charge in [0, 0.05) is 12.6 Å². The average molecular weight is 265 g/mol. The summed E-state index contributed by atoms with van der Waals surface area (Å²) in [5.41, 5.74) is 0. The zero-order valence-corrected chi connectivity index (χ0v) is 11.7. The molecule has 1 amide bonds. The molecule has 4 heteroatoms. The smallest absolute Gasteiger partial charge is 0.307 e. The first kappa shape index (κ1) is 14.1. The lowest BCUT2D eigenvalue weighted by atomic mass is 9.81. The second-order valence-corrected chi connectivity index (χ2v) is 5.98. The second kappa shape index (κ2) is 5.76. The Morgan fingerprint density at radius 3 is 2.42 bits per heavy atom. The van der Waals surface area contributed by atoms with Gasteiger partial charge in [0.1, 0.15) is 0 Å². The monoisotopic (exact) mass is 265 g/mol. The number of carbonyl (C=O) groups excluding carboxylic acids is 1. The van der Waals surface area contributed by atoms with Gasteiger partial charge in [0.05, 0.1) is 11.8 Å². The fraction of sp³-hybridized carbons (Fsp3) is 0.733. The molecule has 1 unspecified atom stereocenters. The molecule has 2 aliphatic rings. The highest BCUT2D eigenvalue weighted by Crippen LogP contribution is 2.32. The maximum absolute atomic E-state index is 12.7. The van der Waals surface area contributed by atoms with E-state index in [1.165, 1.54) is 0 Å². The van der Waals surface area contributed by atoms with E-state index in [9.17, 15) is 14.7 Å². The van der Waals surface area contributed by atoms with Gasteiger partial charge in [0.25, 0.3) is 0 Å². The highest BCUT2D eigenvalue weighted by Gasteiger charge is 2.40. The summed E-state index contributed by atoms with van der Waals surface area (Å²) in [6.07, 6.45) is 6.95. The third-order valence-electron chi connectivity index (χ3n) is 4.42. The zero-order valence-electron chi connectivity index (χ0n) is 11.7.